The van der Waals surface area contributed by atoms with Crippen LogP contribution < -0.4 is 10.6 Å². The van der Waals surface area contributed by atoms with Crippen LogP contribution in [-0.2, 0) is 18.4 Å². The Morgan fingerprint density at radius 3 is 2.75 bits per heavy atom. The van der Waals surface area contributed by atoms with Gasteiger partial charge in [-0.15, -0.1) is 0 Å². The van der Waals surface area contributed by atoms with Crippen LogP contribution in [0.15, 0.2) is 12.4 Å². The van der Waals surface area contributed by atoms with Gasteiger partial charge in [-0.2, -0.15) is 10.2 Å². The second-order valence-electron chi connectivity index (χ2n) is 5.81. The number of aromatic nitrogens is 4. The Kier molecular flexibility index (Phi) is 5.97. The molecule has 0 aliphatic carbocycles. The molecule has 8 nitrogen and oxygen atoms in total. The van der Waals surface area contributed by atoms with E-state index < -0.39 is 0 Å². The molecule has 2 heterocycles. The van der Waals surface area contributed by atoms with Gasteiger partial charge in [-0.25, -0.2) is 0 Å². The summed E-state index contributed by atoms with van der Waals surface area (Å²) in [5, 5.41) is 23.5. The molecule has 0 aromatic carbocycles. The minimum absolute atomic E-state index is 0.0698. The van der Waals surface area contributed by atoms with Gasteiger partial charge in [-0.1, -0.05) is 6.92 Å². The number of aliphatic hydroxyl groups excluding tert-OH is 1. The summed E-state index contributed by atoms with van der Waals surface area (Å²) in [5.41, 5.74) is 4.22. The molecule has 0 saturated carbocycles. The first kappa shape index (κ1) is 18.0. The van der Waals surface area contributed by atoms with Crippen molar-refractivity contribution in [3.63, 3.8) is 0 Å². The quantitative estimate of drug-likeness (QED) is 0.666. The molecule has 0 fully saturated rings. The standard InChI is InChI=1S/C16H26N6O2/c1-5-14(16-11(2)20-21(4)12(16)3)19-13-8-18-22(9-13)10-15(24)17-6-7-23/h8-9,14,19,23H,5-7,10H2,1-4H3,(H,17,24). The summed E-state index contributed by atoms with van der Waals surface area (Å²) >= 11 is 0. The molecule has 0 aliphatic heterocycles. The molecule has 1 amide bonds. The van der Waals surface area contributed by atoms with E-state index in [0.29, 0.717) is 0 Å². The average Bonchev–Trinajstić information content (AvgIpc) is 3.08. The lowest BCUT2D eigenvalue weighted by molar-refractivity contribution is -0.122. The van der Waals surface area contributed by atoms with Crippen molar-refractivity contribution in [2.45, 2.75) is 39.8 Å². The normalized spacial score (nSPS) is 12.2. The molecule has 24 heavy (non-hydrogen) atoms. The fourth-order valence-electron chi connectivity index (χ4n) is 2.80. The summed E-state index contributed by atoms with van der Waals surface area (Å²) in [4.78, 5) is 11.7. The van der Waals surface area contributed by atoms with E-state index in [1.165, 1.54) is 5.56 Å². The number of rotatable bonds is 8. The number of hydrogen-bond acceptors (Lipinski definition) is 5. The van der Waals surface area contributed by atoms with Gasteiger partial charge in [0.25, 0.3) is 0 Å². The van der Waals surface area contributed by atoms with E-state index in [2.05, 4.69) is 34.7 Å². The van der Waals surface area contributed by atoms with Gasteiger partial charge in [0.05, 0.1) is 30.2 Å². The van der Waals surface area contributed by atoms with Crippen molar-refractivity contribution in [2.75, 3.05) is 18.5 Å². The highest BCUT2D eigenvalue weighted by Gasteiger charge is 2.19. The Balaban J connectivity index is 2.05. The Hall–Kier alpha value is -2.35. The summed E-state index contributed by atoms with van der Waals surface area (Å²) in [7, 11) is 1.95. The predicted octanol–water partition coefficient (Wildman–Crippen LogP) is 0.905. The fraction of sp³-hybridized carbons (Fsp3) is 0.562. The van der Waals surface area contributed by atoms with Gasteiger partial charge >= 0.3 is 0 Å². The van der Waals surface area contributed by atoms with E-state index in [9.17, 15) is 4.79 Å². The smallest absolute Gasteiger partial charge is 0.241 e. The molecule has 1 atom stereocenters. The third-order valence-corrected chi connectivity index (χ3v) is 4.04. The molecule has 1 unspecified atom stereocenters. The maximum atomic E-state index is 11.7. The first-order chi connectivity index (χ1) is 11.5. The van der Waals surface area contributed by atoms with Gasteiger partial charge in [0.1, 0.15) is 6.54 Å². The number of nitrogens with zero attached hydrogens (tertiary/aromatic N) is 4. The lowest BCUT2D eigenvalue weighted by atomic mass is 10.0. The number of nitrogens with one attached hydrogen (secondary N) is 2. The van der Waals surface area contributed by atoms with Crippen molar-refractivity contribution in [2.24, 2.45) is 7.05 Å². The molecule has 0 aliphatic rings. The van der Waals surface area contributed by atoms with Crippen LogP contribution in [0, 0.1) is 13.8 Å². The number of hydrogen-bond donors (Lipinski definition) is 3. The zero-order valence-electron chi connectivity index (χ0n) is 14.7. The molecule has 0 spiro atoms. The SMILES string of the molecule is CCC(Nc1cnn(CC(=O)NCCO)c1)c1c(C)nn(C)c1C. The van der Waals surface area contributed by atoms with E-state index in [4.69, 9.17) is 5.11 Å². The number of amides is 1. The molecule has 0 saturated heterocycles. The molecule has 2 aromatic rings. The molecular formula is C16H26N6O2. The summed E-state index contributed by atoms with van der Waals surface area (Å²) in [6.45, 7) is 6.51. The molecule has 0 bridgehead atoms. The van der Waals surface area contributed by atoms with Gasteiger partial charge in [-0.3, -0.25) is 14.2 Å². The van der Waals surface area contributed by atoms with E-state index >= 15 is 0 Å². The van der Waals surface area contributed by atoms with Crippen LogP contribution in [0.3, 0.4) is 0 Å². The molecule has 132 valence electrons. The summed E-state index contributed by atoms with van der Waals surface area (Å²) in [6, 6.07) is 0.138. The third-order valence-electron chi connectivity index (χ3n) is 4.04. The molecule has 3 N–H and O–H groups in total. The van der Waals surface area contributed by atoms with Crippen LogP contribution in [0.4, 0.5) is 5.69 Å². The average molecular weight is 334 g/mol. The number of anilines is 1. The lowest BCUT2D eigenvalue weighted by Crippen LogP contribution is -2.30. The number of carbonyl (C=O) groups excluding carboxylic acids is 1. The van der Waals surface area contributed by atoms with Crippen molar-refractivity contribution >= 4 is 11.6 Å². The Morgan fingerprint density at radius 2 is 2.17 bits per heavy atom. The van der Waals surface area contributed by atoms with Gasteiger partial charge in [0.15, 0.2) is 0 Å². The highest BCUT2D eigenvalue weighted by Crippen LogP contribution is 2.27. The van der Waals surface area contributed by atoms with Crippen LogP contribution in [0.1, 0.15) is 36.3 Å². The van der Waals surface area contributed by atoms with Gasteiger partial charge in [0.2, 0.25) is 5.91 Å². The Labute approximate surface area is 141 Å². The van der Waals surface area contributed by atoms with Crippen LogP contribution in [0.5, 0.6) is 0 Å². The maximum Gasteiger partial charge on any atom is 0.241 e. The minimum Gasteiger partial charge on any atom is -0.395 e. The highest BCUT2D eigenvalue weighted by atomic mass is 16.3. The maximum absolute atomic E-state index is 11.7. The van der Waals surface area contributed by atoms with Crippen molar-refractivity contribution in [3.05, 3.63) is 29.3 Å². The summed E-state index contributed by atoms with van der Waals surface area (Å²) in [5.74, 6) is -0.176. The van der Waals surface area contributed by atoms with Crippen LogP contribution >= 0.6 is 0 Å². The van der Waals surface area contributed by atoms with Crippen LogP contribution in [0.2, 0.25) is 0 Å². The largest absolute Gasteiger partial charge is 0.395 e. The number of aliphatic hydroxyl groups is 1. The second kappa shape index (κ2) is 7.96. The van der Waals surface area contributed by atoms with Gasteiger partial charge in [0, 0.05) is 31.0 Å². The van der Waals surface area contributed by atoms with Crippen LogP contribution in [0.25, 0.3) is 0 Å². The van der Waals surface area contributed by atoms with Crippen molar-refractivity contribution in [1.29, 1.82) is 0 Å². The molecule has 8 heteroatoms. The predicted molar refractivity (Wildman–Crippen MR) is 91.7 cm³/mol. The van der Waals surface area contributed by atoms with E-state index in [0.717, 1.165) is 23.5 Å². The number of aryl methyl sites for hydroxylation is 2. The van der Waals surface area contributed by atoms with E-state index in [1.807, 2.05) is 24.9 Å². The van der Waals surface area contributed by atoms with E-state index in [-0.39, 0.29) is 31.6 Å². The van der Waals surface area contributed by atoms with Crippen molar-refractivity contribution < 1.29 is 9.90 Å². The monoisotopic (exact) mass is 334 g/mol. The van der Waals surface area contributed by atoms with Gasteiger partial charge in [-0.05, 0) is 20.3 Å². The third kappa shape index (κ3) is 4.14. The lowest BCUT2D eigenvalue weighted by Gasteiger charge is -2.18. The first-order valence-corrected chi connectivity index (χ1v) is 8.12. The van der Waals surface area contributed by atoms with E-state index in [1.54, 1.807) is 10.9 Å². The summed E-state index contributed by atoms with van der Waals surface area (Å²) in [6.07, 6.45) is 4.43. The number of carbonyl (C=O) groups is 1. The molecule has 0 radical (unpaired) electrons. The highest BCUT2D eigenvalue weighted by molar-refractivity contribution is 5.75. The Bertz CT molecular complexity index is 691. The zero-order valence-corrected chi connectivity index (χ0v) is 14.7. The Morgan fingerprint density at radius 1 is 1.42 bits per heavy atom. The van der Waals surface area contributed by atoms with Crippen LogP contribution in [-0.4, -0.2) is 43.7 Å². The molecule has 2 rings (SSSR count). The van der Waals surface area contributed by atoms with Crippen molar-refractivity contribution in [3.8, 4) is 0 Å². The molecular weight excluding hydrogens is 308 g/mol. The van der Waals surface area contributed by atoms with Gasteiger partial charge < -0.3 is 15.7 Å². The zero-order chi connectivity index (χ0) is 17.7. The topological polar surface area (TPSA) is 97.0 Å². The molecule has 2 aromatic heterocycles. The fourth-order valence-corrected chi connectivity index (χ4v) is 2.80. The summed E-state index contributed by atoms with van der Waals surface area (Å²) < 4.78 is 3.47. The minimum atomic E-state index is -0.176. The first-order valence-electron chi connectivity index (χ1n) is 8.12. The second-order valence-corrected chi connectivity index (χ2v) is 5.81. The van der Waals surface area contributed by atoms with Crippen molar-refractivity contribution in [1.82, 2.24) is 24.9 Å².